The molecule has 0 aromatic heterocycles. The molecule has 3 nitrogen and oxygen atoms in total. The van der Waals surface area contributed by atoms with E-state index in [9.17, 15) is 5.11 Å². The lowest BCUT2D eigenvalue weighted by molar-refractivity contribution is 0.0482. The van der Waals surface area contributed by atoms with Crippen molar-refractivity contribution in [2.75, 3.05) is 19.0 Å². The van der Waals surface area contributed by atoms with Crippen LogP contribution in [0.25, 0.3) is 11.1 Å². The fraction of sp³-hybridized carbons (Fsp3) is 0.400. The molecule has 1 unspecified atom stereocenters. The van der Waals surface area contributed by atoms with E-state index in [4.69, 9.17) is 9.47 Å². The molecule has 0 fully saturated rings. The van der Waals surface area contributed by atoms with E-state index in [2.05, 4.69) is 22.9 Å². The van der Waals surface area contributed by atoms with Gasteiger partial charge in [-0.3, -0.25) is 0 Å². The van der Waals surface area contributed by atoms with E-state index in [0.717, 1.165) is 53.6 Å². The lowest BCUT2D eigenvalue weighted by Crippen LogP contribution is -2.05. The second-order valence-corrected chi connectivity index (χ2v) is 6.46. The molecule has 2 aromatic carbocycles. The van der Waals surface area contributed by atoms with E-state index >= 15 is 0 Å². The van der Waals surface area contributed by atoms with Crippen LogP contribution in [0.2, 0.25) is 0 Å². The Kier molecular flexibility index (Phi) is 7.60. The number of methoxy groups -OCH3 is 1. The Bertz CT molecular complexity index is 625. The van der Waals surface area contributed by atoms with E-state index in [-0.39, 0.29) is 11.9 Å². The lowest BCUT2D eigenvalue weighted by Gasteiger charge is -2.18. The van der Waals surface area contributed by atoms with Gasteiger partial charge < -0.3 is 14.6 Å². The molecule has 0 spiro atoms. The Balaban J connectivity index is 2.19. The topological polar surface area (TPSA) is 38.7 Å². The summed E-state index contributed by atoms with van der Waals surface area (Å²) in [5, 5.41) is 11.2. The molecule has 0 bridgehead atoms. The monoisotopic (exact) mass is 392 g/mol. The summed E-state index contributed by atoms with van der Waals surface area (Å²) >= 11 is 3.44. The molecule has 0 amide bonds. The molecule has 0 heterocycles. The van der Waals surface area contributed by atoms with Crippen molar-refractivity contribution >= 4 is 15.9 Å². The first-order valence-electron chi connectivity index (χ1n) is 8.34. The molecule has 0 aliphatic heterocycles. The average Bonchev–Trinajstić information content (AvgIpc) is 2.63. The smallest absolute Gasteiger partial charge is 0.123 e. The fourth-order valence-electron chi connectivity index (χ4n) is 2.63. The third-order valence-corrected chi connectivity index (χ3v) is 4.57. The van der Waals surface area contributed by atoms with Crippen molar-refractivity contribution in [3.05, 3.63) is 48.0 Å². The largest absolute Gasteiger partial charge is 0.507 e. The van der Waals surface area contributed by atoms with Crippen molar-refractivity contribution < 1.29 is 14.6 Å². The van der Waals surface area contributed by atoms with Crippen molar-refractivity contribution in [1.29, 1.82) is 0 Å². The summed E-state index contributed by atoms with van der Waals surface area (Å²) in [5.74, 6) is 1.08. The molecule has 24 heavy (non-hydrogen) atoms. The quantitative estimate of drug-likeness (QED) is 0.438. The Morgan fingerprint density at radius 3 is 2.46 bits per heavy atom. The number of phenols is 1. The number of phenolic OH excluding ortho intramolecular Hbond substituents is 1. The van der Waals surface area contributed by atoms with Crippen LogP contribution in [-0.2, 0) is 4.74 Å². The van der Waals surface area contributed by atoms with Gasteiger partial charge in [0.1, 0.15) is 11.5 Å². The Labute approximate surface area is 152 Å². The zero-order valence-corrected chi connectivity index (χ0v) is 15.9. The molecule has 1 N–H and O–H groups in total. The van der Waals surface area contributed by atoms with Gasteiger partial charge in [0.25, 0.3) is 0 Å². The van der Waals surface area contributed by atoms with E-state index in [0.29, 0.717) is 0 Å². The third-order valence-electron chi connectivity index (χ3n) is 4.01. The molecule has 0 aliphatic carbocycles. The minimum Gasteiger partial charge on any atom is -0.507 e. The number of aromatic hydroxyl groups is 1. The van der Waals surface area contributed by atoms with Crippen LogP contribution in [-0.4, -0.2) is 24.2 Å². The highest BCUT2D eigenvalue weighted by atomic mass is 79.9. The first-order valence-corrected chi connectivity index (χ1v) is 9.46. The van der Waals surface area contributed by atoms with Crippen LogP contribution in [0.15, 0.2) is 42.5 Å². The van der Waals surface area contributed by atoms with Crippen LogP contribution in [0, 0.1) is 0 Å². The van der Waals surface area contributed by atoms with Gasteiger partial charge in [-0.15, -0.1) is 0 Å². The summed E-state index contributed by atoms with van der Waals surface area (Å²) in [5.41, 5.74) is 2.88. The van der Waals surface area contributed by atoms with Gasteiger partial charge in [0.2, 0.25) is 0 Å². The minimum absolute atomic E-state index is 0.0536. The summed E-state index contributed by atoms with van der Waals surface area (Å²) < 4.78 is 11.2. The predicted molar refractivity (Wildman–Crippen MR) is 102 cm³/mol. The molecule has 130 valence electrons. The molecule has 0 radical (unpaired) electrons. The Morgan fingerprint density at radius 2 is 1.83 bits per heavy atom. The van der Waals surface area contributed by atoms with Gasteiger partial charge in [-0.05, 0) is 54.7 Å². The van der Waals surface area contributed by atoms with Gasteiger partial charge in [0.15, 0.2) is 0 Å². The molecule has 1 atom stereocenters. The number of unbranched alkanes of at least 4 members (excludes halogenated alkanes) is 1. The van der Waals surface area contributed by atoms with E-state index in [1.54, 1.807) is 13.2 Å². The van der Waals surface area contributed by atoms with Gasteiger partial charge in [-0.2, -0.15) is 0 Å². The number of alkyl halides is 1. The second kappa shape index (κ2) is 9.70. The van der Waals surface area contributed by atoms with Crippen LogP contribution in [0.1, 0.15) is 37.9 Å². The van der Waals surface area contributed by atoms with Crippen LogP contribution in [0.4, 0.5) is 0 Å². The zero-order chi connectivity index (χ0) is 17.4. The summed E-state index contributed by atoms with van der Waals surface area (Å²) in [6.07, 6.45) is 3.12. The maximum atomic E-state index is 10.2. The molecule has 0 saturated carbocycles. The maximum absolute atomic E-state index is 10.2. The number of rotatable bonds is 9. The highest BCUT2D eigenvalue weighted by Gasteiger charge is 2.13. The first kappa shape index (κ1) is 18.8. The Morgan fingerprint density at radius 1 is 1.08 bits per heavy atom. The van der Waals surface area contributed by atoms with Gasteiger partial charge >= 0.3 is 0 Å². The summed E-state index contributed by atoms with van der Waals surface area (Å²) in [4.78, 5) is 0. The van der Waals surface area contributed by atoms with E-state index in [1.807, 2.05) is 36.4 Å². The first-order chi connectivity index (χ1) is 11.7. The van der Waals surface area contributed by atoms with Crippen LogP contribution in [0.5, 0.6) is 11.5 Å². The summed E-state index contributed by atoms with van der Waals surface area (Å²) in [7, 11) is 1.64. The number of hydrogen-bond acceptors (Lipinski definition) is 3. The van der Waals surface area contributed by atoms with E-state index in [1.165, 1.54) is 0 Å². The van der Waals surface area contributed by atoms with Crippen molar-refractivity contribution in [3.63, 3.8) is 0 Å². The van der Waals surface area contributed by atoms with Crippen molar-refractivity contribution in [1.82, 2.24) is 0 Å². The molecular weight excluding hydrogens is 368 g/mol. The minimum atomic E-state index is 0.0536. The van der Waals surface area contributed by atoms with Crippen molar-refractivity contribution in [2.45, 2.75) is 32.3 Å². The summed E-state index contributed by atoms with van der Waals surface area (Å²) in [6.45, 7) is 2.87. The number of ether oxygens (including phenoxy) is 2. The standard InChI is InChI=1S/C20H25BrO3/c1-3-20(24-13-5-4-12-21)16-8-11-19(22)18(14-16)15-6-9-17(23-2)10-7-15/h6-11,14,20,22H,3-5,12-13H2,1-2H3. The fourth-order valence-corrected chi connectivity index (χ4v) is 3.02. The van der Waals surface area contributed by atoms with Gasteiger partial charge in [0.05, 0.1) is 13.2 Å². The highest BCUT2D eigenvalue weighted by molar-refractivity contribution is 9.09. The number of halogens is 1. The van der Waals surface area contributed by atoms with Crippen molar-refractivity contribution in [3.8, 4) is 22.6 Å². The van der Waals surface area contributed by atoms with Crippen LogP contribution < -0.4 is 4.74 Å². The number of hydrogen-bond donors (Lipinski definition) is 1. The molecule has 2 aromatic rings. The average molecular weight is 393 g/mol. The van der Waals surface area contributed by atoms with Crippen molar-refractivity contribution in [2.24, 2.45) is 0 Å². The highest BCUT2D eigenvalue weighted by Crippen LogP contribution is 2.34. The van der Waals surface area contributed by atoms with E-state index < -0.39 is 0 Å². The molecule has 0 aliphatic rings. The second-order valence-electron chi connectivity index (χ2n) is 5.67. The lowest BCUT2D eigenvalue weighted by atomic mass is 9.98. The van der Waals surface area contributed by atoms with Crippen LogP contribution in [0.3, 0.4) is 0 Å². The van der Waals surface area contributed by atoms with Gasteiger partial charge in [-0.1, -0.05) is 41.1 Å². The predicted octanol–water partition coefficient (Wildman–Crippen LogP) is 5.71. The molecular formula is C20H25BrO3. The molecule has 2 rings (SSSR count). The SMILES string of the molecule is CCC(OCCCCBr)c1ccc(O)c(-c2ccc(OC)cc2)c1. The maximum Gasteiger partial charge on any atom is 0.123 e. The Hall–Kier alpha value is -1.52. The number of benzene rings is 2. The van der Waals surface area contributed by atoms with Gasteiger partial charge in [0, 0.05) is 17.5 Å². The van der Waals surface area contributed by atoms with Gasteiger partial charge in [-0.25, -0.2) is 0 Å². The third kappa shape index (κ3) is 4.99. The normalized spacial score (nSPS) is 12.1. The molecule has 0 saturated heterocycles. The zero-order valence-electron chi connectivity index (χ0n) is 14.3. The summed E-state index contributed by atoms with van der Waals surface area (Å²) in [6, 6.07) is 13.4. The van der Waals surface area contributed by atoms with Crippen LogP contribution >= 0.6 is 15.9 Å². The molecule has 4 heteroatoms.